The second-order valence-electron chi connectivity index (χ2n) is 4.44. The third-order valence-electron chi connectivity index (χ3n) is 2.81. The van der Waals surface area contributed by atoms with Crippen LogP contribution in [0.25, 0.3) is 0 Å². The summed E-state index contributed by atoms with van der Waals surface area (Å²) in [7, 11) is 0. The predicted molar refractivity (Wildman–Crippen MR) is 84.4 cm³/mol. The van der Waals surface area contributed by atoms with E-state index in [0.29, 0.717) is 12.2 Å². The number of rotatable bonds is 4. The monoisotopic (exact) mass is 420 g/mol. The Bertz CT molecular complexity index is 663. The first-order valence-corrected chi connectivity index (χ1v) is 7.82. The fourth-order valence-corrected chi connectivity index (χ4v) is 2.80. The molecule has 1 N–H and O–H groups in total. The molecule has 0 aliphatic rings. The maximum atomic E-state index is 13.7. The van der Waals surface area contributed by atoms with Crippen LogP contribution in [-0.4, -0.2) is 10.5 Å². The Morgan fingerprint density at radius 1 is 1.19 bits per heavy atom. The maximum Gasteiger partial charge on any atom is 0.272 e. The molecule has 0 bridgehead atoms. The molecule has 21 heavy (non-hydrogen) atoms. The van der Waals surface area contributed by atoms with Gasteiger partial charge in [0.15, 0.2) is 11.6 Å². The van der Waals surface area contributed by atoms with Gasteiger partial charge in [-0.25, -0.2) is 8.78 Å². The minimum absolute atomic E-state index is 0.271. The average molecular weight is 422 g/mol. The normalized spacial score (nSPS) is 10.7. The molecule has 1 heterocycles. The summed E-state index contributed by atoms with van der Waals surface area (Å²) in [5.41, 5.74) is -0.117. The van der Waals surface area contributed by atoms with Gasteiger partial charge in [-0.3, -0.25) is 4.79 Å². The largest absolute Gasteiger partial charge is 0.342 e. The van der Waals surface area contributed by atoms with Gasteiger partial charge in [0.1, 0.15) is 11.4 Å². The van der Waals surface area contributed by atoms with Crippen LogP contribution < -0.4 is 5.32 Å². The summed E-state index contributed by atoms with van der Waals surface area (Å²) in [6.07, 6.45) is 2.59. The number of amides is 1. The van der Waals surface area contributed by atoms with E-state index in [9.17, 15) is 13.6 Å². The van der Waals surface area contributed by atoms with Crippen molar-refractivity contribution >= 4 is 43.5 Å². The van der Waals surface area contributed by atoms with Crippen molar-refractivity contribution in [3.05, 3.63) is 50.7 Å². The number of aryl methyl sites for hydroxylation is 1. The second kappa shape index (κ2) is 6.70. The lowest BCUT2D eigenvalue weighted by Crippen LogP contribution is -2.18. The lowest BCUT2D eigenvalue weighted by Gasteiger charge is -2.10. The number of benzene rings is 1. The molecule has 0 aliphatic carbocycles. The van der Waals surface area contributed by atoms with Crippen molar-refractivity contribution in [2.45, 2.75) is 19.9 Å². The van der Waals surface area contributed by atoms with E-state index < -0.39 is 23.2 Å². The second-order valence-corrected chi connectivity index (χ2v) is 6.27. The SMILES string of the molecule is CCCn1cc(Br)cc1C(=O)Nc1c(F)cc(Br)cc1F. The quantitative estimate of drug-likeness (QED) is 0.744. The first-order valence-electron chi connectivity index (χ1n) is 6.24. The molecular formula is C14H12Br2F2N2O. The molecule has 7 heteroatoms. The van der Waals surface area contributed by atoms with Crippen LogP contribution in [0, 0.1) is 11.6 Å². The van der Waals surface area contributed by atoms with Crippen molar-refractivity contribution in [1.29, 1.82) is 0 Å². The van der Waals surface area contributed by atoms with Gasteiger partial charge in [0, 0.05) is 21.7 Å². The van der Waals surface area contributed by atoms with Crippen molar-refractivity contribution in [3.8, 4) is 0 Å². The molecule has 0 spiro atoms. The van der Waals surface area contributed by atoms with Gasteiger partial charge in [-0.15, -0.1) is 0 Å². The zero-order valence-corrected chi connectivity index (χ0v) is 14.3. The smallest absolute Gasteiger partial charge is 0.272 e. The zero-order valence-electron chi connectivity index (χ0n) is 11.1. The summed E-state index contributed by atoms with van der Waals surface area (Å²) in [6.45, 7) is 2.61. The summed E-state index contributed by atoms with van der Waals surface area (Å²) < 4.78 is 30.2. The van der Waals surface area contributed by atoms with Crippen molar-refractivity contribution in [2.75, 3.05) is 5.32 Å². The summed E-state index contributed by atoms with van der Waals surface area (Å²) in [5.74, 6) is -2.22. The van der Waals surface area contributed by atoms with Crippen molar-refractivity contribution < 1.29 is 13.6 Å². The molecule has 0 radical (unpaired) electrons. The lowest BCUT2D eigenvalue weighted by molar-refractivity contribution is 0.101. The molecule has 0 unspecified atom stereocenters. The number of anilines is 1. The van der Waals surface area contributed by atoms with E-state index in [2.05, 4.69) is 37.2 Å². The fourth-order valence-electron chi connectivity index (χ4n) is 1.93. The minimum atomic E-state index is -0.831. The molecule has 3 nitrogen and oxygen atoms in total. The Labute approximate surface area is 137 Å². The number of carbonyl (C=O) groups is 1. The molecule has 1 aromatic carbocycles. The molecule has 0 atom stereocenters. The zero-order chi connectivity index (χ0) is 15.6. The van der Waals surface area contributed by atoms with Gasteiger partial charge in [-0.2, -0.15) is 0 Å². The van der Waals surface area contributed by atoms with Crippen LogP contribution in [0.3, 0.4) is 0 Å². The molecule has 0 fully saturated rings. The fraction of sp³-hybridized carbons (Fsp3) is 0.214. The maximum absolute atomic E-state index is 13.7. The molecule has 1 aromatic heterocycles. The summed E-state index contributed by atoms with van der Waals surface area (Å²) in [5, 5.41) is 2.28. The Morgan fingerprint density at radius 3 is 2.38 bits per heavy atom. The van der Waals surface area contributed by atoms with Gasteiger partial charge in [0.2, 0.25) is 0 Å². The number of nitrogens with zero attached hydrogens (tertiary/aromatic N) is 1. The third-order valence-corrected chi connectivity index (χ3v) is 3.70. The Balaban J connectivity index is 2.30. The van der Waals surface area contributed by atoms with E-state index in [-0.39, 0.29) is 4.47 Å². The summed E-state index contributed by atoms with van der Waals surface area (Å²) >= 11 is 6.28. The molecule has 2 aromatic rings. The highest BCUT2D eigenvalue weighted by Gasteiger charge is 2.18. The Morgan fingerprint density at radius 2 is 1.81 bits per heavy atom. The molecule has 112 valence electrons. The number of carbonyl (C=O) groups excluding carboxylic acids is 1. The number of hydrogen-bond acceptors (Lipinski definition) is 1. The van der Waals surface area contributed by atoms with Crippen LogP contribution >= 0.6 is 31.9 Å². The van der Waals surface area contributed by atoms with Gasteiger partial charge in [0.25, 0.3) is 5.91 Å². The molecule has 2 rings (SSSR count). The van der Waals surface area contributed by atoms with Crippen LogP contribution in [0.5, 0.6) is 0 Å². The van der Waals surface area contributed by atoms with E-state index >= 15 is 0 Å². The van der Waals surface area contributed by atoms with Gasteiger partial charge in [-0.1, -0.05) is 22.9 Å². The van der Waals surface area contributed by atoms with Crippen LogP contribution in [0.2, 0.25) is 0 Å². The Kier molecular flexibility index (Phi) is 5.16. The molecule has 0 saturated heterocycles. The lowest BCUT2D eigenvalue weighted by atomic mass is 10.2. The number of aromatic nitrogens is 1. The van der Waals surface area contributed by atoms with Gasteiger partial charge in [-0.05, 0) is 40.5 Å². The van der Waals surface area contributed by atoms with Gasteiger partial charge in [0.05, 0.1) is 0 Å². The molecule has 1 amide bonds. The van der Waals surface area contributed by atoms with Gasteiger partial charge < -0.3 is 9.88 Å². The van der Waals surface area contributed by atoms with E-state index in [4.69, 9.17) is 0 Å². The average Bonchev–Trinajstić information content (AvgIpc) is 2.75. The van der Waals surface area contributed by atoms with Crippen LogP contribution in [0.4, 0.5) is 14.5 Å². The first-order chi connectivity index (χ1) is 9.92. The third kappa shape index (κ3) is 3.71. The predicted octanol–water partition coefficient (Wildman–Crippen LogP) is 4.95. The number of hydrogen-bond donors (Lipinski definition) is 1. The molecule has 0 aliphatic heterocycles. The summed E-state index contributed by atoms with van der Waals surface area (Å²) in [4.78, 5) is 12.2. The topological polar surface area (TPSA) is 34.0 Å². The first kappa shape index (κ1) is 16.2. The van der Waals surface area contributed by atoms with Crippen LogP contribution in [0.1, 0.15) is 23.8 Å². The van der Waals surface area contributed by atoms with Gasteiger partial charge >= 0.3 is 0 Å². The van der Waals surface area contributed by atoms with E-state index in [1.807, 2.05) is 6.92 Å². The minimum Gasteiger partial charge on any atom is -0.342 e. The van der Waals surface area contributed by atoms with E-state index in [1.165, 1.54) is 0 Å². The highest BCUT2D eigenvalue weighted by molar-refractivity contribution is 9.10. The van der Waals surface area contributed by atoms with Crippen molar-refractivity contribution in [2.24, 2.45) is 0 Å². The highest BCUT2D eigenvalue weighted by atomic mass is 79.9. The van der Waals surface area contributed by atoms with Crippen molar-refractivity contribution in [3.63, 3.8) is 0 Å². The van der Waals surface area contributed by atoms with E-state index in [0.717, 1.165) is 23.0 Å². The Hall–Kier alpha value is -1.21. The number of nitrogens with one attached hydrogen (secondary N) is 1. The number of halogens is 4. The van der Waals surface area contributed by atoms with Crippen molar-refractivity contribution in [1.82, 2.24) is 4.57 Å². The molecule has 0 saturated carbocycles. The summed E-state index contributed by atoms with van der Waals surface area (Å²) in [6, 6.07) is 3.80. The van der Waals surface area contributed by atoms with E-state index in [1.54, 1.807) is 16.8 Å². The van der Waals surface area contributed by atoms with Crippen LogP contribution in [0.15, 0.2) is 33.3 Å². The van der Waals surface area contributed by atoms with Crippen LogP contribution in [-0.2, 0) is 6.54 Å². The highest BCUT2D eigenvalue weighted by Crippen LogP contribution is 2.25. The standard InChI is InChI=1S/C14H12Br2F2N2O/c1-2-3-20-7-9(16)6-12(20)14(21)19-13-10(17)4-8(15)5-11(13)18/h4-7H,2-3H2,1H3,(H,19,21). The molecular weight excluding hydrogens is 410 g/mol.